The lowest BCUT2D eigenvalue weighted by Crippen LogP contribution is -2.51. The summed E-state index contributed by atoms with van der Waals surface area (Å²) in [6.45, 7) is 2.00. The second-order valence-corrected chi connectivity index (χ2v) is 6.27. The lowest BCUT2D eigenvalue weighted by atomic mass is 10.0. The maximum Gasteiger partial charge on any atom is 0.270 e. The zero-order valence-electron chi connectivity index (χ0n) is 12.3. The number of amides is 1. The fourth-order valence-electron chi connectivity index (χ4n) is 2.38. The summed E-state index contributed by atoms with van der Waals surface area (Å²) in [5, 5.41) is 13.0. The number of halogens is 3. The summed E-state index contributed by atoms with van der Waals surface area (Å²) in [5.74, 6) is -0.120. The number of aromatic amines is 1. The minimum absolute atomic E-state index is 0.0153. The SMILES string of the molecule is CC(O)(CNC1CCN(C(=O)c2cc(Cl)c[nH]2)CC1)C(F)F. The Bertz CT molecular complexity index is 514. The van der Waals surface area contributed by atoms with Gasteiger partial charge < -0.3 is 20.3 Å². The third-order valence-electron chi connectivity index (χ3n) is 3.88. The van der Waals surface area contributed by atoms with Gasteiger partial charge in [-0.25, -0.2) is 8.78 Å². The molecule has 1 aliphatic rings. The monoisotopic (exact) mass is 335 g/mol. The number of aromatic nitrogens is 1. The van der Waals surface area contributed by atoms with E-state index in [0.717, 1.165) is 6.92 Å². The molecule has 0 spiro atoms. The van der Waals surface area contributed by atoms with Crippen molar-refractivity contribution in [2.75, 3.05) is 19.6 Å². The van der Waals surface area contributed by atoms with Crippen molar-refractivity contribution in [2.24, 2.45) is 0 Å². The molecule has 1 aromatic rings. The highest BCUT2D eigenvalue weighted by Crippen LogP contribution is 2.18. The van der Waals surface area contributed by atoms with Crippen molar-refractivity contribution in [3.05, 3.63) is 23.0 Å². The van der Waals surface area contributed by atoms with Crippen LogP contribution in [-0.4, -0.2) is 58.6 Å². The van der Waals surface area contributed by atoms with Crippen molar-refractivity contribution in [3.8, 4) is 0 Å². The van der Waals surface area contributed by atoms with Gasteiger partial charge in [-0.3, -0.25) is 4.79 Å². The molecule has 3 N–H and O–H groups in total. The molecular weight excluding hydrogens is 316 g/mol. The Morgan fingerprint density at radius 3 is 2.73 bits per heavy atom. The van der Waals surface area contributed by atoms with Crippen LogP contribution < -0.4 is 5.32 Å². The maximum atomic E-state index is 12.6. The summed E-state index contributed by atoms with van der Waals surface area (Å²) >= 11 is 5.78. The summed E-state index contributed by atoms with van der Waals surface area (Å²) in [7, 11) is 0. The molecule has 2 rings (SSSR count). The zero-order chi connectivity index (χ0) is 16.3. The quantitative estimate of drug-likeness (QED) is 0.769. The second-order valence-electron chi connectivity index (χ2n) is 5.84. The Morgan fingerprint density at radius 1 is 1.59 bits per heavy atom. The topological polar surface area (TPSA) is 68.4 Å². The van der Waals surface area contributed by atoms with Gasteiger partial charge in [-0.05, 0) is 25.8 Å². The van der Waals surface area contributed by atoms with Crippen LogP contribution in [0, 0.1) is 0 Å². The van der Waals surface area contributed by atoms with E-state index in [1.54, 1.807) is 17.2 Å². The molecule has 8 heteroatoms. The standard InChI is InChI=1S/C14H20ClF2N3O2/c1-14(22,13(16)17)8-19-10-2-4-20(5-3-10)12(21)11-6-9(15)7-18-11/h6-7,10,13,18-19,22H,2-5,8H2,1H3. The Kier molecular flexibility index (Phi) is 5.41. The van der Waals surface area contributed by atoms with Crippen LogP contribution in [-0.2, 0) is 0 Å². The first-order chi connectivity index (χ1) is 10.3. The molecule has 1 unspecified atom stereocenters. The highest BCUT2D eigenvalue weighted by atomic mass is 35.5. The van der Waals surface area contributed by atoms with E-state index in [1.165, 1.54) is 0 Å². The van der Waals surface area contributed by atoms with Crippen molar-refractivity contribution in [3.63, 3.8) is 0 Å². The smallest absolute Gasteiger partial charge is 0.270 e. The highest BCUT2D eigenvalue weighted by Gasteiger charge is 2.33. The number of nitrogens with zero attached hydrogens (tertiary/aromatic N) is 1. The van der Waals surface area contributed by atoms with Gasteiger partial charge in [-0.2, -0.15) is 0 Å². The number of rotatable bonds is 5. The number of likely N-dealkylation sites (tertiary alicyclic amines) is 1. The first-order valence-electron chi connectivity index (χ1n) is 7.16. The number of hydrogen-bond acceptors (Lipinski definition) is 3. The van der Waals surface area contributed by atoms with Gasteiger partial charge in [0.25, 0.3) is 12.3 Å². The molecular formula is C14H20ClF2N3O2. The summed E-state index contributed by atoms with van der Waals surface area (Å²) in [4.78, 5) is 16.7. The predicted octanol–water partition coefficient (Wildman–Crippen LogP) is 1.88. The molecule has 1 aliphatic heterocycles. The second kappa shape index (κ2) is 6.93. The molecule has 0 saturated carbocycles. The van der Waals surface area contributed by atoms with Crippen molar-refractivity contribution in [1.29, 1.82) is 0 Å². The van der Waals surface area contributed by atoms with Crippen LogP contribution in [0.2, 0.25) is 5.02 Å². The first-order valence-corrected chi connectivity index (χ1v) is 7.54. The Hall–Kier alpha value is -1.18. The largest absolute Gasteiger partial charge is 0.383 e. The van der Waals surface area contributed by atoms with Crippen LogP contribution in [0.1, 0.15) is 30.3 Å². The summed E-state index contributed by atoms with van der Waals surface area (Å²) in [6, 6.07) is 1.59. The van der Waals surface area contributed by atoms with Crippen LogP contribution in [0.4, 0.5) is 8.78 Å². The molecule has 124 valence electrons. The number of alkyl halides is 2. The van der Waals surface area contributed by atoms with Crippen molar-refractivity contribution in [2.45, 2.75) is 37.8 Å². The number of piperidine rings is 1. The predicted molar refractivity (Wildman–Crippen MR) is 79.4 cm³/mol. The molecule has 0 aromatic carbocycles. The van der Waals surface area contributed by atoms with Crippen LogP contribution in [0.25, 0.3) is 0 Å². The van der Waals surface area contributed by atoms with E-state index in [2.05, 4.69) is 10.3 Å². The molecule has 1 atom stereocenters. The Morgan fingerprint density at radius 2 is 2.23 bits per heavy atom. The minimum atomic E-state index is -2.79. The van der Waals surface area contributed by atoms with Gasteiger partial charge in [-0.1, -0.05) is 11.6 Å². The molecule has 22 heavy (non-hydrogen) atoms. The molecule has 0 aliphatic carbocycles. The molecule has 1 amide bonds. The zero-order valence-corrected chi connectivity index (χ0v) is 13.0. The van der Waals surface area contributed by atoms with E-state index < -0.39 is 12.0 Å². The van der Waals surface area contributed by atoms with Gasteiger partial charge in [0, 0.05) is 31.9 Å². The average Bonchev–Trinajstić information content (AvgIpc) is 2.91. The van der Waals surface area contributed by atoms with Crippen LogP contribution in [0.5, 0.6) is 0 Å². The fraction of sp³-hybridized carbons (Fsp3) is 0.643. The molecule has 1 saturated heterocycles. The van der Waals surface area contributed by atoms with Gasteiger partial charge in [-0.15, -0.1) is 0 Å². The number of aliphatic hydroxyl groups is 1. The van der Waals surface area contributed by atoms with Crippen LogP contribution in [0.3, 0.4) is 0 Å². The third-order valence-corrected chi connectivity index (χ3v) is 4.10. The summed E-state index contributed by atoms with van der Waals surface area (Å²) in [6.07, 6.45) is 0.0634. The first kappa shape index (κ1) is 17.2. The normalized spacial score (nSPS) is 19.5. The Balaban J connectivity index is 1.79. The molecule has 5 nitrogen and oxygen atoms in total. The summed E-state index contributed by atoms with van der Waals surface area (Å²) < 4.78 is 25.1. The number of carbonyl (C=O) groups excluding carboxylic acids is 1. The molecule has 1 fully saturated rings. The van der Waals surface area contributed by atoms with Gasteiger partial charge in [0.2, 0.25) is 0 Å². The molecule has 1 aromatic heterocycles. The van der Waals surface area contributed by atoms with Gasteiger partial charge in [0.15, 0.2) is 0 Å². The number of nitrogens with one attached hydrogen (secondary N) is 2. The summed E-state index contributed by atoms with van der Waals surface area (Å²) in [5.41, 5.74) is -1.59. The van der Waals surface area contributed by atoms with Crippen LogP contribution >= 0.6 is 11.6 Å². The van der Waals surface area contributed by atoms with E-state index >= 15 is 0 Å². The fourth-order valence-corrected chi connectivity index (χ4v) is 2.54. The third kappa shape index (κ3) is 4.18. The minimum Gasteiger partial charge on any atom is -0.383 e. The van der Waals surface area contributed by atoms with Crippen molar-refractivity contribution in [1.82, 2.24) is 15.2 Å². The lowest BCUT2D eigenvalue weighted by Gasteiger charge is -2.34. The van der Waals surface area contributed by atoms with Crippen LogP contribution in [0.15, 0.2) is 12.3 Å². The maximum absolute atomic E-state index is 12.6. The van der Waals surface area contributed by atoms with Gasteiger partial charge >= 0.3 is 0 Å². The van der Waals surface area contributed by atoms with E-state index in [0.29, 0.717) is 36.6 Å². The molecule has 2 heterocycles. The number of hydrogen-bond donors (Lipinski definition) is 3. The van der Waals surface area contributed by atoms with E-state index in [-0.39, 0.29) is 18.5 Å². The van der Waals surface area contributed by atoms with E-state index in [1.807, 2.05) is 0 Å². The number of carbonyl (C=O) groups is 1. The van der Waals surface area contributed by atoms with E-state index in [9.17, 15) is 18.7 Å². The average molecular weight is 336 g/mol. The van der Waals surface area contributed by atoms with Gasteiger partial charge in [0.05, 0.1) is 5.02 Å². The number of H-pyrrole nitrogens is 1. The van der Waals surface area contributed by atoms with Crippen molar-refractivity contribution >= 4 is 17.5 Å². The molecule has 0 bridgehead atoms. The lowest BCUT2D eigenvalue weighted by molar-refractivity contribution is -0.0825. The molecule has 0 radical (unpaired) electrons. The van der Waals surface area contributed by atoms with Crippen molar-refractivity contribution < 1.29 is 18.7 Å². The Labute approximate surface area is 132 Å². The van der Waals surface area contributed by atoms with E-state index in [4.69, 9.17) is 11.6 Å². The highest BCUT2D eigenvalue weighted by molar-refractivity contribution is 6.30. The van der Waals surface area contributed by atoms with Gasteiger partial charge in [0.1, 0.15) is 11.3 Å².